The number of nitrogens with zero attached hydrogens (tertiary/aromatic N) is 7. The number of piperazine rings is 1. The van der Waals surface area contributed by atoms with Crippen molar-refractivity contribution >= 4 is 44.1 Å². The summed E-state index contributed by atoms with van der Waals surface area (Å²) in [7, 11) is 0. The first-order chi connectivity index (χ1) is 21.8. The molecule has 3 saturated heterocycles. The molecule has 1 amide bonds. The molecule has 3 fully saturated rings. The molecule has 4 aromatic rings. The molecule has 0 bridgehead atoms. The molecule has 1 aromatic carbocycles. The van der Waals surface area contributed by atoms with Crippen LogP contribution in [0.25, 0.3) is 32.2 Å². The van der Waals surface area contributed by atoms with E-state index in [0.29, 0.717) is 52.9 Å². The molecule has 3 aliphatic rings. The second kappa shape index (κ2) is 11.6. The molecular formula is C32H30F3N7O2S. The van der Waals surface area contributed by atoms with Crippen molar-refractivity contribution in [1.29, 1.82) is 5.26 Å². The van der Waals surface area contributed by atoms with Gasteiger partial charge in [0.2, 0.25) is 5.91 Å². The molecule has 0 unspecified atom stereocenters. The van der Waals surface area contributed by atoms with Gasteiger partial charge in [-0.15, -0.1) is 11.3 Å². The van der Waals surface area contributed by atoms with Crippen LogP contribution in [0.2, 0.25) is 0 Å². The normalized spacial score (nSPS) is 23.4. The molecule has 232 valence electrons. The van der Waals surface area contributed by atoms with Crippen LogP contribution in [0.5, 0.6) is 6.01 Å². The van der Waals surface area contributed by atoms with Gasteiger partial charge in [-0.2, -0.15) is 15.2 Å². The SMILES string of the molecule is C=CC(=O)N1CCN(c2nc(OC[C@@]34CCCN3C[C@H](F)C4)nc3c(F)c(-c4cccc5c(F)csc45)ncc23)C[C@@H]1CC#N. The lowest BCUT2D eigenvalue weighted by molar-refractivity contribution is -0.128. The van der Waals surface area contributed by atoms with Crippen molar-refractivity contribution in [3.63, 3.8) is 0 Å². The van der Waals surface area contributed by atoms with Crippen molar-refractivity contribution < 1.29 is 22.7 Å². The number of hydrogen-bond acceptors (Lipinski definition) is 9. The van der Waals surface area contributed by atoms with Crippen LogP contribution < -0.4 is 9.64 Å². The van der Waals surface area contributed by atoms with Crippen LogP contribution in [0, 0.1) is 23.0 Å². The third kappa shape index (κ3) is 5.06. The van der Waals surface area contributed by atoms with Crippen molar-refractivity contribution in [1.82, 2.24) is 24.8 Å². The fourth-order valence-electron chi connectivity index (χ4n) is 7.11. The number of carbonyl (C=O) groups excluding carboxylic acids is 1. The van der Waals surface area contributed by atoms with Crippen molar-refractivity contribution in [3.05, 3.63) is 54.1 Å². The van der Waals surface area contributed by atoms with E-state index in [0.717, 1.165) is 19.4 Å². The smallest absolute Gasteiger partial charge is 0.319 e. The van der Waals surface area contributed by atoms with Gasteiger partial charge in [0.25, 0.3) is 0 Å². The molecular weight excluding hydrogens is 603 g/mol. The topological polar surface area (TPSA) is 98.5 Å². The summed E-state index contributed by atoms with van der Waals surface area (Å²) in [6.07, 6.45) is 3.95. The highest BCUT2D eigenvalue weighted by atomic mass is 32.1. The number of anilines is 1. The summed E-state index contributed by atoms with van der Waals surface area (Å²) < 4.78 is 52.1. The first-order valence-corrected chi connectivity index (χ1v) is 15.8. The fraction of sp³-hybridized carbons (Fsp3) is 0.406. The Balaban J connectivity index is 1.32. The van der Waals surface area contributed by atoms with E-state index in [4.69, 9.17) is 9.72 Å². The van der Waals surface area contributed by atoms with Gasteiger partial charge in [0.05, 0.1) is 29.5 Å². The zero-order valence-corrected chi connectivity index (χ0v) is 25.2. The van der Waals surface area contributed by atoms with E-state index in [2.05, 4.69) is 27.5 Å². The third-order valence-electron chi connectivity index (χ3n) is 9.25. The lowest BCUT2D eigenvalue weighted by atomic mass is 9.95. The molecule has 6 heterocycles. The lowest BCUT2D eigenvalue weighted by Crippen LogP contribution is -2.55. The number of alkyl halides is 1. The maximum Gasteiger partial charge on any atom is 0.319 e. The molecule has 0 N–H and O–H groups in total. The monoisotopic (exact) mass is 633 g/mol. The second-order valence-electron chi connectivity index (χ2n) is 11.8. The van der Waals surface area contributed by atoms with Gasteiger partial charge in [-0.3, -0.25) is 14.7 Å². The van der Waals surface area contributed by atoms with Crippen LogP contribution in [-0.2, 0) is 4.79 Å². The summed E-state index contributed by atoms with van der Waals surface area (Å²) in [6, 6.07) is 6.64. The molecule has 0 saturated carbocycles. The maximum absolute atomic E-state index is 16.6. The fourth-order valence-corrected chi connectivity index (χ4v) is 8.04. The van der Waals surface area contributed by atoms with Crippen molar-refractivity contribution in [2.45, 2.75) is 43.4 Å². The Kier molecular flexibility index (Phi) is 7.57. The zero-order chi connectivity index (χ0) is 31.3. The number of amides is 1. The number of halogens is 3. The molecule has 0 radical (unpaired) electrons. The molecule has 7 rings (SSSR count). The maximum atomic E-state index is 16.6. The molecule has 0 aliphatic carbocycles. The molecule has 3 aliphatic heterocycles. The molecule has 0 spiro atoms. The lowest BCUT2D eigenvalue weighted by Gasteiger charge is -2.41. The van der Waals surface area contributed by atoms with Gasteiger partial charge in [0, 0.05) is 59.8 Å². The first-order valence-electron chi connectivity index (χ1n) is 14.9. The van der Waals surface area contributed by atoms with Gasteiger partial charge >= 0.3 is 6.01 Å². The zero-order valence-electron chi connectivity index (χ0n) is 24.4. The molecule has 45 heavy (non-hydrogen) atoms. The van der Waals surface area contributed by atoms with E-state index in [1.54, 1.807) is 23.1 Å². The van der Waals surface area contributed by atoms with E-state index in [9.17, 15) is 18.8 Å². The Hall–Kier alpha value is -4.28. The number of pyridine rings is 1. The Morgan fingerprint density at radius 3 is 2.91 bits per heavy atom. The number of fused-ring (bicyclic) bond motifs is 3. The van der Waals surface area contributed by atoms with Crippen molar-refractivity contribution in [3.8, 4) is 23.3 Å². The van der Waals surface area contributed by atoms with Crippen LogP contribution >= 0.6 is 11.3 Å². The Morgan fingerprint density at radius 2 is 2.09 bits per heavy atom. The number of benzene rings is 1. The molecule has 3 aromatic heterocycles. The van der Waals surface area contributed by atoms with E-state index in [1.165, 1.54) is 29.0 Å². The Morgan fingerprint density at radius 1 is 1.22 bits per heavy atom. The summed E-state index contributed by atoms with van der Waals surface area (Å²) in [4.78, 5) is 31.8. The number of ether oxygens (including phenoxy) is 1. The number of aromatic nitrogens is 3. The quantitative estimate of drug-likeness (QED) is 0.255. The Labute approximate surface area is 261 Å². The average Bonchev–Trinajstić information content (AvgIpc) is 3.71. The van der Waals surface area contributed by atoms with Crippen LogP contribution in [0.15, 0.2) is 42.4 Å². The predicted octanol–water partition coefficient (Wildman–Crippen LogP) is 5.26. The minimum absolute atomic E-state index is 0.0194. The van der Waals surface area contributed by atoms with Crippen LogP contribution in [0.4, 0.5) is 19.0 Å². The average molecular weight is 634 g/mol. The van der Waals surface area contributed by atoms with E-state index in [-0.39, 0.29) is 48.5 Å². The molecule has 3 atom stereocenters. The van der Waals surface area contributed by atoms with Gasteiger partial charge in [-0.25, -0.2) is 13.2 Å². The van der Waals surface area contributed by atoms with Gasteiger partial charge in [-0.1, -0.05) is 24.8 Å². The summed E-state index contributed by atoms with van der Waals surface area (Å²) in [6.45, 7) is 5.81. The highest BCUT2D eigenvalue weighted by Gasteiger charge is 2.49. The summed E-state index contributed by atoms with van der Waals surface area (Å²) in [5.41, 5.74) is -0.0284. The number of nitriles is 1. The standard InChI is InChI=1S/C32H30F3N7O2S/c1-2-25(43)42-12-11-40(16-20(42)7-9-36)30-23-14-37-27(22-6-3-5-21-24(34)17-45-29(21)22)26(35)28(23)38-31(39-30)44-18-32-8-4-10-41(32)15-19(33)13-32/h2-3,5-6,14,17,19-20H,1,4,7-8,10-13,15-16,18H2/t19-,20+,32+/m1/s1. The van der Waals surface area contributed by atoms with E-state index >= 15 is 4.39 Å². The van der Waals surface area contributed by atoms with Crippen LogP contribution in [-0.4, -0.2) is 87.7 Å². The first kappa shape index (κ1) is 29.4. The number of carbonyl (C=O) groups is 1. The van der Waals surface area contributed by atoms with E-state index < -0.39 is 23.6 Å². The Bertz CT molecular complexity index is 1860. The van der Waals surface area contributed by atoms with Gasteiger partial charge < -0.3 is 14.5 Å². The van der Waals surface area contributed by atoms with Crippen LogP contribution in [0.3, 0.4) is 0 Å². The summed E-state index contributed by atoms with van der Waals surface area (Å²) >= 11 is 1.17. The second-order valence-corrected chi connectivity index (χ2v) is 12.7. The van der Waals surface area contributed by atoms with Gasteiger partial charge in [-0.05, 0) is 25.5 Å². The number of thiophene rings is 1. The highest BCUT2D eigenvalue weighted by Crippen LogP contribution is 2.41. The predicted molar refractivity (Wildman–Crippen MR) is 165 cm³/mol. The number of rotatable bonds is 7. The van der Waals surface area contributed by atoms with Crippen molar-refractivity contribution in [2.24, 2.45) is 0 Å². The molecule has 9 nitrogen and oxygen atoms in total. The van der Waals surface area contributed by atoms with Crippen molar-refractivity contribution in [2.75, 3.05) is 44.2 Å². The number of hydrogen-bond donors (Lipinski definition) is 0. The minimum Gasteiger partial charge on any atom is -0.461 e. The summed E-state index contributed by atoms with van der Waals surface area (Å²) in [5, 5.41) is 11.6. The van der Waals surface area contributed by atoms with Gasteiger partial charge in [0.1, 0.15) is 35.6 Å². The van der Waals surface area contributed by atoms with E-state index in [1.807, 2.05) is 4.90 Å². The highest BCUT2D eigenvalue weighted by molar-refractivity contribution is 7.17. The van der Waals surface area contributed by atoms with Gasteiger partial charge in [0.15, 0.2) is 5.82 Å². The van der Waals surface area contributed by atoms with Crippen LogP contribution in [0.1, 0.15) is 25.7 Å². The third-order valence-corrected chi connectivity index (χ3v) is 10.2. The molecule has 13 heteroatoms. The minimum atomic E-state index is -0.940. The summed E-state index contributed by atoms with van der Waals surface area (Å²) in [5.74, 6) is -1.01. The largest absolute Gasteiger partial charge is 0.461 e.